The molecule has 2 N–H and O–H groups in total. The number of carbonyl (C=O) groups excluding carboxylic acids is 3. The van der Waals surface area contributed by atoms with Crippen LogP contribution in [0.25, 0.3) is 22.2 Å². The number of nitrogens with zero attached hydrogens (tertiary/aromatic N) is 6. The van der Waals surface area contributed by atoms with E-state index in [-0.39, 0.29) is 12.4 Å². The molecule has 1 aliphatic heterocycles. The van der Waals surface area contributed by atoms with Crippen LogP contribution < -0.4 is 10.6 Å². The van der Waals surface area contributed by atoms with Crippen LogP contribution >= 0.6 is 11.6 Å². The van der Waals surface area contributed by atoms with E-state index >= 15 is 0 Å². The van der Waals surface area contributed by atoms with Gasteiger partial charge in [0.15, 0.2) is 17.9 Å². The van der Waals surface area contributed by atoms with Crippen LogP contribution in [0.4, 0.5) is 22.0 Å². The third-order valence-corrected chi connectivity index (χ3v) is 8.27. The Morgan fingerprint density at radius 2 is 1.79 bits per heavy atom. The summed E-state index contributed by atoms with van der Waals surface area (Å²) in [5.41, 5.74) is 6.10. The number of halogens is 1. The predicted octanol–water partition coefficient (Wildman–Crippen LogP) is 6.49. The van der Waals surface area contributed by atoms with Crippen LogP contribution in [0.5, 0.6) is 0 Å². The molecule has 13 heteroatoms. The van der Waals surface area contributed by atoms with E-state index in [1.807, 2.05) is 58.0 Å². The summed E-state index contributed by atoms with van der Waals surface area (Å²) in [6.45, 7) is 8.15. The number of nitrogens with one attached hydrogen (secondary N) is 2. The van der Waals surface area contributed by atoms with Crippen LogP contribution in [0.2, 0.25) is 5.02 Å². The number of aromatic nitrogens is 5. The highest BCUT2D eigenvalue weighted by Crippen LogP contribution is 2.38. The van der Waals surface area contributed by atoms with Gasteiger partial charge in [0.25, 0.3) is 5.91 Å². The molecular formula is C34H33ClN8O4. The fraction of sp³-hybridized carbons (Fsp3) is 0.265. The van der Waals surface area contributed by atoms with Crippen molar-refractivity contribution in [2.24, 2.45) is 7.05 Å². The van der Waals surface area contributed by atoms with Crippen molar-refractivity contribution in [2.45, 2.75) is 46.3 Å². The van der Waals surface area contributed by atoms with E-state index < -0.39 is 17.6 Å². The monoisotopic (exact) mass is 652 g/mol. The number of benzene rings is 2. The van der Waals surface area contributed by atoms with E-state index in [0.717, 1.165) is 34.4 Å². The summed E-state index contributed by atoms with van der Waals surface area (Å²) in [7, 11) is 1.79. The number of ether oxygens (including phenoxy) is 1. The molecule has 47 heavy (non-hydrogen) atoms. The second-order valence-electron chi connectivity index (χ2n) is 12.2. The Bertz CT molecular complexity index is 2050. The SMILES string of the molecule is Cc1c(Nc2ncnc3cc(C=O)cnc23)cccc1-c1cccc(NC(=O)c2nc3c(n2C)CCN(C(=O)OC(C)(C)C)C3)c1Cl. The van der Waals surface area contributed by atoms with Crippen LogP contribution in [0.15, 0.2) is 55.0 Å². The molecule has 0 saturated carbocycles. The van der Waals surface area contributed by atoms with E-state index in [1.165, 1.54) is 12.5 Å². The van der Waals surface area contributed by atoms with Gasteiger partial charge in [-0.2, -0.15) is 0 Å². The van der Waals surface area contributed by atoms with Gasteiger partial charge >= 0.3 is 6.09 Å². The number of amides is 2. The van der Waals surface area contributed by atoms with Crippen molar-refractivity contribution in [1.29, 1.82) is 0 Å². The second-order valence-corrected chi connectivity index (χ2v) is 12.6. The van der Waals surface area contributed by atoms with E-state index in [9.17, 15) is 14.4 Å². The minimum Gasteiger partial charge on any atom is -0.444 e. The van der Waals surface area contributed by atoms with Gasteiger partial charge in [-0.3, -0.25) is 9.59 Å². The highest BCUT2D eigenvalue weighted by molar-refractivity contribution is 6.36. The molecule has 0 atom stereocenters. The summed E-state index contributed by atoms with van der Waals surface area (Å²) in [6, 6.07) is 12.9. The molecule has 1 aliphatic rings. The Kier molecular flexibility index (Phi) is 8.37. The van der Waals surface area contributed by atoms with Gasteiger partial charge in [0.2, 0.25) is 0 Å². The maximum atomic E-state index is 13.5. The molecule has 5 aromatic rings. The van der Waals surface area contributed by atoms with Crippen LogP contribution in [-0.2, 0) is 24.8 Å². The van der Waals surface area contributed by atoms with Crippen molar-refractivity contribution in [2.75, 3.05) is 17.2 Å². The number of hydrogen-bond donors (Lipinski definition) is 2. The summed E-state index contributed by atoms with van der Waals surface area (Å²) >= 11 is 6.93. The first kappa shape index (κ1) is 31.6. The van der Waals surface area contributed by atoms with Crippen LogP contribution in [-0.4, -0.2) is 59.8 Å². The standard InChI is InChI=1S/C34H33ClN8O4/c1-19-21(8-6-10-23(19)39-30-29-25(37-18-38-30)14-20(17-44)15-36-29)22-9-7-11-24(28(22)35)41-32(45)31-40-26-16-43(13-12-27(26)42(31)5)33(46)47-34(2,3)4/h6-11,14-15,17-18H,12-13,16H2,1-5H3,(H,41,45)(H,37,38,39). The third kappa shape index (κ3) is 6.36. The summed E-state index contributed by atoms with van der Waals surface area (Å²) in [6.07, 6.45) is 3.75. The second kappa shape index (κ2) is 12.4. The predicted molar refractivity (Wildman–Crippen MR) is 179 cm³/mol. The van der Waals surface area contributed by atoms with Crippen molar-refractivity contribution in [3.8, 4) is 11.1 Å². The lowest BCUT2D eigenvalue weighted by molar-refractivity contribution is 0.0220. The van der Waals surface area contributed by atoms with Gasteiger partial charge < -0.3 is 24.8 Å². The average Bonchev–Trinajstić information content (AvgIpc) is 3.38. The highest BCUT2D eigenvalue weighted by Gasteiger charge is 2.30. The van der Waals surface area contributed by atoms with Gasteiger partial charge in [0.1, 0.15) is 17.4 Å². The number of anilines is 3. The fourth-order valence-corrected chi connectivity index (χ4v) is 5.81. The molecule has 0 spiro atoms. The maximum Gasteiger partial charge on any atom is 0.410 e. The lowest BCUT2D eigenvalue weighted by atomic mass is 9.98. The number of carbonyl (C=O) groups is 3. The van der Waals surface area contributed by atoms with Crippen molar-refractivity contribution in [3.63, 3.8) is 0 Å². The van der Waals surface area contributed by atoms with Gasteiger partial charge in [-0.25, -0.2) is 24.7 Å². The molecule has 2 amide bonds. The lowest BCUT2D eigenvalue weighted by Crippen LogP contribution is -2.40. The first-order valence-corrected chi connectivity index (χ1v) is 15.4. The van der Waals surface area contributed by atoms with Crippen LogP contribution in [0.3, 0.4) is 0 Å². The number of rotatable bonds is 6. The normalized spacial score (nSPS) is 12.9. The molecule has 12 nitrogen and oxygen atoms in total. The zero-order valence-corrected chi connectivity index (χ0v) is 27.3. The largest absolute Gasteiger partial charge is 0.444 e. The Morgan fingerprint density at radius 3 is 2.53 bits per heavy atom. The molecule has 2 aromatic carbocycles. The van der Waals surface area contributed by atoms with Gasteiger partial charge in [-0.1, -0.05) is 35.9 Å². The Hall–Kier alpha value is -5.36. The minimum absolute atomic E-state index is 0.218. The van der Waals surface area contributed by atoms with Crippen molar-refractivity contribution < 1.29 is 19.1 Å². The van der Waals surface area contributed by atoms with Crippen LogP contribution in [0.1, 0.15) is 58.7 Å². The van der Waals surface area contributed by atoms with Gasteiger partial charge in [-0.05, 0) is 57.0 Å². The lowest BCUT2D eigenvalue weighted by Gasteiger charge is -2.29. The molecule has 0 unspecified atom stereocenters. The van der Waals surface area contributed by atoms with E-state index in [2.05, 4.69) is 30.6 Å². The first-order valence-electron chi connectivity index (χ1n) is 15.0. The smallest absolute Gasteiger partial charge is 0.410 e. The Balaban J connectivity index is 1.24. The zero-order chi connectivity index (χ0) is 33.5. The Labute approximate surface area is 276 Å². The van der Waals surface area contributed by atoms with E-state index in [1.54, 1.807) is 28.6 Å². The van der Waals surface area contributed by atoms with Crippen molar-refractivity contribution in [1.82, 2.24) is 29.4 Å². The first-order chi connectivity index (χ1) is 22.4. The molecule has 0 aliphatic carbocycles. The van der Waals surface area contributed by atoms with Crippen molar-refractivity contribution >= 4 is 58.1 Å². The Morgan fingerprint density at radius 1 is 1.04 bits per heavy atom. The van der Waals surface area contributed by atoms with Gasteiger partial charge in [0, 0.05) is 48.7 Å². The van der Waals surface area contributed by atoms with Crippen molar-refractivity contribution in [3.05, 3.63) is 88.4 Å². The van der Waals surface area contributed by atoms with Crippen LogP contribution in [0, 0.1) is 6.92 Å². The zero-order valence-electron chi connectivity index (χ0n) is 26.6. The molecule has 4 heterocycles. The van der Waals surface area contributed by atoms with E-state index in [4.69, 9.17) is 16.3 Å². The molecule has 0 fully saturated rings. The minimum atomic E-state index is -0.608. The summed E-state index contributed by atoms with van der Waals surface area (Å²) in [5.74, 6) is 0.292. The third-order valence-electron chi connectivity index (χ3n) is 7.87. The quantitative estimate of drug-likeness (QED) is 0.197. The molecule has 6 rings (SSSR count). The topological polar surface area (TPSA) is 144 Å². The van der Waals surface area contributed by atoms with Gasteiger partial charge in [-0.15, -0.1) is 0 Å². The molecule has 240 valence electrons. The summed E-state index contributed by atoms with van der Waals surface area (Å²) in [5, 5.41) is 6.64. The average molecular weight is 653 g/mol. The molecule has 0 radical (unpaired) electrons. The molecular weight excluding hydrogens is 620 g/mol. The molecule has 0 bridgehead atoms. The maximum absolute atomic E-state index is 13.5. The summed E-state index contributed by atoms with van der Waals surface area (Å²) < 4.78 is 7.29. The number of pyridine rings is 1. The fourth-order valence-electron chi connectivity index (χ4n) is 5.53. The van der Waals surface area contributed by atoms with Gasteiger partial charge in [0.05, 0.1) is 28.5 Å². The number of aldehydes is 1. The number of fused-ring (bicyclic) bond motifs is 2. The number of imidazole rings is 1. The van der Waals surface area contributed by atoms with E-state index in [0.29, 0.717) is 51.8 Å². The highest BCUT2D eigenvalue weighted by atomic mass is 35.5. The molecule has 3 aromatic heterocycles. The molecule has 0 saturated heterocycles. The summed E-state index contributed by atoms with van der Waals surface area (Å²) in [4.78, 5) is 56.5. The number of hydrogen-bond acceptors (Lipinski definition) is 9.